The lowest BCUT2D eigenvalue weighted by Crippen LogP contribution is -2.62. The number of phenols is 1. The maximum Gasteiger partial charge on any atom is 0.232 e. The van der Waals surface area contributed by atoms with Crippen LogP contribution >= 0.6 is 11.6 Å². The lowest BCUT2D eigenvalue weighted by Gasteiger charge is -2.49. The van der Waals surface area contributed by atoms with Gasteiger partial charge in [-0.3, -0.25) is 9.69 Å². The first-order chi connectivity index (χ1) is 16.2. The first-order valence-electron chi connectivity index (χ1n) is 11.5. The normalized spacial score (nSPS) is 15.0. The summed E-state index contributed by atoms with van der Waals surface area (Å²) < 4.78 is 6.00. The lowest BCUT2D eigenvalue weighted by atomic mass is 9.69. The van der Waals surface area contributed by atoms with Crippen molar-refractivity contribution in [3.8, 4) is 11.5 Å². The predicted molar refractivity (Wildman–Crippen MR) is 135 cm³/mol. The smallest absolute Gasteiger partial charge is 0.232 e. The number of benzene rings is 3. The van der Waals surface area contributed by atoms with Gasteiger partial charge in [0.25, 0.3) is 0 Å². The highest BCUT2D eigenvalue weighted by molar-refractivity contribution is 6.32. The molecule has 1 amide bonds. The van der Waals surface area contributed by atoms with Gasteiger partial charge in [-0.1, -0.05) is 72.3 Å². The molecule has 1 fully saturated rings. The molecule has 1 heterocycles. The predicted octanol–water partition coefficient (Wildman–Crippen LogP) is 5.14. The van der Waals surface area contributed by atoms with Gasteiger partial charge in [0.15, 0.2) is 0 Å². The van der Waals surface area contributed by atoms with Gasteiger partial charge in [0.2, 0.25) is 5.91 Å². The van der Waals surface area contributed by atoms with Crippen LogP contribution in [0.15, 0.2) is 78.9 Å². The van der Waals surface area contributed by atoms with E-state index in [1.807, 2.05) is 60.7 Å². The Labute approximate surface area is 206 Å². The zero-order valence-electron chi connectivity index (χ0n) is 19.6. The molecule has 3 N–H and O–H groups in total. The van der Waals surface area contributed by atoms with Crippen molar-refractivity contribution in [1.29, 1.82) is 0 Å². The molecule has 0 spiro atoms. The molecule has 1 saturated heterocycles. The molecule has 1 aliphatic heterocycles. The number of carbonyl (C=O) groups excluding carboxylic acids is 1. The first kappa shape index (κ1) is 24.1. The van der Waals surface area contributed by atoms with Crippen LogP contribution in [0.4, 0.5) is 0 Å². The van der Waals surface area contributed by atoms with Crippen LogP contribution in [0.2, 0.25) is 5.02 Å². The molecule has 0 saturated carbocycles. The third-order valence-corrected chi connectivity index (χ3v) is 7.29. The van der Waals surface area contributed by atoms with E-state index >= 15 is 0 Å². The third-order valence-electron chi connectivity index (χ3n) is 6.98. The van der Waals surface area contributed by atoms with E-state index in [1.165, 1.54) is 12.1 Å². The number of rotatable bonds is 9. The topological polar surface area (TPSA) is 75.8 Å². The van der Waals surface area contributed by atoms with Crippen molar-refractivity contribution in [3.63, 3.8) is 0 Å². The zero-order valence-corrected chi connectivity index (χ0v) is 20.3. The van der Waals surface area contributed by atoms with E-state index in [4.69, 9.17) is 22.1 Å². The Kier molecular flexibility index (Phi) is 6.87. The molecular weight excluding hydrogens is 448 g/mol. The molecular formula is C28H31ClN2O3. The summed E-state index contributed by atoms with van der Waals surface area (Å²) in [6.07, 6.45) is 1.34. The summed E-state index contributed by atoms with van der Waals surface area (Å²) >= 11 is 6.20. The largest absolute Gasteiger partial charge is 0.508 e. The number of hydrogen-bond acceptors (Lipinski definition) is 4. The fourth-order valence-corrected chi connectivity index (χ4v) is 4.89. The highest BCUT2D eigenvalue weighted by Crippen LogP contribution is 2.40. The Bertz CT molecular complexity index is 1090. The van der Waals surface area contributed by atoms with E-state index in [1.54, 1.807) is 6.07 Å². The summed E-state index contributed by atoms with van der Waals surface area (Å²) in [5.74, 6) is 0.273. The monoisotopic (exact) mass is 478 g/mol. The molecule has 0 atom stereocenters. The number of aromatic hydroxyl groups is 1. The van der Waals surface area contributed by atoms with Crippen molar-refractivity contribution in [3.05, 3.63) is 95.0 Å². The quantitative estimate of drug-likeness (QED) is 0.446. The average molecular weight is 479 g/mol. The van der Waals surface area contributed by atoms with Crippen molar-refractivity contribution in [1.82, 2.24) is 4.90 Å². The van der Waals surface area contributed by atoms with E-state index in [2.05, 4.69) is 18.7 Å². The highest BCUT2D eigenvalue weighted by atomic mass is 35.5. The Morgan fingerprint density at radius 1 is 1.00 bits per heavy atom. The number of amides is 1. The Hall–Kier alpha value is -3.02. The Morgan fingerprint density at radius 2 is 1.56 bits per heavy atom. The number of nitrogens with two attached hydrogens (primary N) is 1. The molecule has 3 aromatic rings. The van der Waals surface area contributed by atoms with E-state index in [0.717, 1.165) is 30.6 Å². The fraction of sp³-hybridized carbons (Fsp3) is 0.321. The summed E-state index contributed by atoms with van der Waals surface area (Å²) in [4.78, 5) is 15.4. The lowest BCUT2D eigenvalue weighted by molar-refractivity contribution is -0.122. The van der Waals surface area contributed by atoms with Gasteiger partial charge in [0, 0.05) is 24.7 Å². The molecule has 0 aromatic heterocycles. The van der Waals surface area contributed by atoms with Gasteiger partial charge in [0.1, 0.15) is 17.6 Å². The number of ether oxygens (including phenoxy) is 1. The molecule has 0 aliphatic carbocycles. The van der Waals surface area contributed by atoms with Gasteiger partial charge >= 0.3 is 0 Å². The number of nitrogens with zero attached hydrogens (tertiary/aromatic N) is 1. The van der Waals surface area contributed by atoms with Gasteiger partial charge in [-0.25, -0.2) is 0 Å². The van der Waals surface area contributed by atoms with Crippen molar-refractivity contribution < 1.29 is 14.6 Å². The van der Waals surface area contributed by atoms with Gasteiger partial charge in [-0.05, 0) is 49.9 Å². The molecule has 4 rings (SSSR count). The molecule has 178 valence electrons. The van der Waals surface area contributed by atoms with Gasteiger partial charge < -0.3 is 15.6 Å². The summed E-state index contributed by atoms with van der Waals surface area (Å²) in [7, 11) is 0. The first-order valence-corrected chi connectivity index (χ1v) is 11.9. The van der Waals surface area contributed by atoms with Crippen molar-refractivity contribution in [2.24, 2.45) is 5.73 Å². The maximum absolute atomic E-state index is 13.1. The van der Waals surface area contributed by atoms with Crippen molar-refractivity contribution in [2.75, 3.05) is 13.1 Å². The van der Waals surface area contributed by atoms with Gasteiger partial charge in [-0.2, -0.15) is 0 Å². The number of carbonyl (C=O) groups is 1. The molecule has 1 aliphatic rings. The minimum absolute atomic E-state index is 0.0114. The molecule has 5 nitrogen and oxygen atoms in total. The van der Waals surface area contributed by atoms with Crippen LogP contribution in [0.1, 0.15) is 37.8 Å². The van der Waals surface area contributed by atoms with Gasteiger partial charge in [0.05, 0.1) is 10.4 Å². The number of primary amides is 1. The van der Waals surface area contributed by atoms with Crippen LogP contribution in [-0.4, -0.2) is 40.6 Å². The maximum atomic E-state index is 13.1. The Balaban J connectivity index is 1.49. The van der Waals surface area contributed by atoms with E-state index in [0.29, 0.717) is 17.2 Å². The van der Waals surface area contributed by atoms with E-state index < -0.39 is 5.41 Å². The molecule has 34 heavy (non-hydrogen) atoms. The Morgan fingerprint density at radius 3 is 2.09 bits per heavy atom. The zero-order chi connectivity index (χ0) is 24.3. The second-order valence-corrected chi connectivity index (χ2v) is 9.98. The molecule has 0 bridgehead atoms. The number of hydrogen-bond donors (Lipinski definition) is 2. The van der Waals surface area contributed by atoms with E-state index in [-0.39, 0.29) is 23.3 Å². The molecule has 3 aromatic carbocycles. The second kappa shape index (κ2) is 9.69. The summed E-state index contributed by atoms with van der Waals surface area (Å²) in [6, 6.07) is 24.3. The summed E-state index contributed by atoms with van der Waals surface area (Å²) in [5, 5.41) is 10.2. The highest BCUT2D eigenvalue weighted by Gasteiger charge is 2.44. The van der Waals surface area contributed by atoms with E-state index in [9.17, 15) is 9.90 Å². The van der Waals surface area contributed by atoms with Crippen LogP contribution in [0.5, 0.6) is 11.5 Å². The minimum Gasteiger partial charge on any atom is -0.508 e. The third kappa shape index (κ3) is 4.77. The second-order valence-electron chi connectivity index (χ2n) is 9.57. The standard InChI is InChI=1S/C28H31ClN2O3/c1-27(2,31-18-23(19-31)34-25-17-22(32)13-14-24(25)29)15-16-28(26(30)33,20-9-5-3-6-10-20)21-11-7-4-8-12-21/h3-14,17,23,32H,15-16,18-19H2,1-2H3,(H2,30,33). The van der Waals surface area contributed by atoms with Crippen LogP contribution in [0.25, 0.3) is 0 Å². The van der Waals surface area contributed by atoms with Gasteiger partial charge in [-0.15, -0.1) is 0 Å². The van der Waals surface area contributed by atoms with Crippen molar-refractivity contribution >= 4 is 17.5 Å². The number of halogens is 1. The fourth-order valence-electron chi connectivity index (χ4n) is 4.73. The average Bonchev–Trinajstić information content (AvgIpc) is 2.79. The van der Waals surface area contributed by atoms with Crippen molar-refractivity contribution in [2.45, 2.75) is 43.7 Å². The number of likely N-dealkylation sites (tertiary alicyclic amines) is 1. The number of phenolic OH excluding ortho intramolecular Hbond substituents is 1. The molecule has 0 unspecified atom stereocenters. The molecule has 6 heteroatoms. The van der Waals surface area contributed by atoms with Crippen LogP contribution in [-0.2, 0) is 10.2 Å². The SMILES string of the molecule is CC(C)(CCC(C(N)=O)(c1ccccc1)c1ccccc1)N1CC(Oc2cc(O)ccc2Cl)C1. The molecule has 0 radical (unpaired) electrons. The summed E-state index contributed by atoms with van der Waals surface area (Å²) in [6.45, 7) is 5.84. The van der Waals surface area contributed by atoms with Crippen LogP contribution in [0.3, 0.4) is 0 Å². The van der Waals surface area contributed by atoms with Crippen LogP contribution in [0, 0.1) is 0 Å². The summed E-state index contributed by atoms with van der Waals surface area (Å²) in [5.41, 5.74) is 6.86. The van der Waals surface area contributed by atoms with Crippen LogP contribution < -0.4 is 10.5 Å². The minimum atomic E-state index is -0.907.